The Balaban J connectivity index is 2.33. The Hall–Kier alpha value is -1.63. The third-order valence-electron chi connectivity index (χ3n) is 2.77. The van der Waals surface area contributed by atoms with Crippen molar-refractivity contribution < 1.29 is 17.9 Å². The van der Waals surface area contributed by atoms with E-state index in [1.165, 1.54) is 26.4 Å². The summed E-state index contributed by atoms with van der Waals surface area (Å²) in [5, 5.41) is -0.301. The molecule has 7 heteroatoms. The van der Waals surface area contributed by atoms with E-state index in [4.69, 9.17) is 15.2 Å². The van der Waals surface area contributed by atoms with Crippen LogP contribution in [0.1, 0.15) is 12.8 Å². The van der Waals surface area contributed by atoms with E-state index in [1.54, 1.807) is 0 Å². The van der Waals surface area contributed by atoms with Crippen molar-refractivity contribution >= 4 is 21.4 Å². The minimum absolute atomic E-state index is 0.301. The number of anilines is 2. The van der Waals surface area contributed by atoms with Gasteiger partial charge in [0.25, 0.3) is 0 Å². The van der Waals surface area contributed by atoms with Crippen LogP contribution in [0, 0.1) is 0 Å². The average molecular weight is 272 g/mol. The lowest BCUT2D eigenvalue weighted by molar-refractivity contribution is 0.355. The predicted molar refractivity (Wildman–Crippen MR) is 69.5 cm³/mol. The standard InChI is InChI=1S/C11H16N2O4S/c1-16-10-5-8(12)9(6-11(10)17-2)13-18(14,15)7-3-4-7/h5-7,13H,3-4,12H2,1-2H3. The van der Waals surface area contributed by atoms with Crippen molar-refractivity contribution in [3.8, 4) is 11.5 Å². The molecule has 3 N–H and O–H groups in total. The highest BCUT2D eigenvalue weighted by molar-refractivity contribution is 7.93. The largest absolute Gasteiger partial charge is 0.493 e. The summed E-state index contributed by atoms with van der Waals surface area (Å²) in [7, 11) is -0.363. The van der Waals surface area contributed by atoms with Crippen LogP contribution in [-0.2, 0) is 10.0 Å². The van der Waals surface area contributed by atoms with Crippen LogP contribution in [0.5, 0.6) is 11.5 Å². The fourth-order valence-corrected chi connectivity index (χ4v) is 3.00. The number of nitrogen functional groups attached to an aromatic ring is 1. The van der Waals surface area contributed by atoms with E-state index >= 15 is 0 Å². The number of ether oxygens (including phenoxy) is 2. The molecule has 100 valence electrons. The molecule has 0 bridgehead atoms. The average Bonchev–Trinajstić information content (AvgIpc) is 3.15. The van der Waals surface area contributed by atoms with Crippen molar-refractivity contribution in [2.24, 2.45) is 0 Å². The van der Waals surface area contributed by atoms with Crippen molar-refractivity contribution in [1.29, 1.82) is 0 Å². The molecule has 1 aliphatic rings. The van der Waals surface area contributed by atoms with E-state index in [1.807, 2.05) is 0 Å². The molecule has 0 amide bonds. The summed E-state index contributed by atoms with van der Waals surface area (Å²) in [5.41, 5.74) is 6.41. The maximum atomic E-state index is 11.8. The molecule has 1 aromatic rings. The van der Waals surface area contributed by atoms with E-state index < -0.39 is 10.0 Å². The monoisotopic (exact) mass is 272 g/mol. The second kappa shape index (κ2) is 4.56. The first-order valence-electron chi connectivity index (χ1n) is 5.51. The Morgan fingerprint density at radius 2 is 1.78 bits per heavy atom. The summed E-state index contributed by atoms with van der Waals surface area (Å²) in [6, 6.07) is 3.05. The molecular weight excluding hydrogens is 256 g/mol. The molecule has 1 saturated carbocycles. The summed E-state index contributed by atoms with van der Waals surface area (Å²) in [4.78, 5) is 0. The summed E-state index contributed by atoms with van der Waals surface area (Å²) >= 11 is 0. The van der Waals surface area contributed by atoms with Gasteiger partial charge in [-0.25, -0.2) is 8.42 Å². The van der Waals surface area contributed by atoms with Crippen LogP contribution in [0.3, 0.4) is 0 Å². The number of nitrogens with one attached hydrogen (secondary N) is 1. The highest BCUT2D eigenvalue weighted by atomic mass is 32.2. The van der Waals surface area contributed by atoms with E-state index in [-0.39, 0.29) is 5.25 Å². The maximum absolute atomic E-state index is 11.8. The molecule has 0 saturated heterocycles. The van der Waals surface area contributed by atoms with Gasteiger partial charge in [-0.3, -0.25) is 4.72 Å². The van der Waals surface area contributed by atoms with Crippen LogP contribution >= 0.6 is 0 Å². The predicted octanol–water partition coefficient (Wildman–Crippen LogP) is 1.19. The smallest absolute Gasteiger partial charge is 0.235 e. The molecule has 1 aliphatic carbocycles. The van der Waals surface area contributed by atoms with Crippen LogP contribution in [-0.4, -0.2) is 27.9 Å². The Morgan fingerprint density at radius 1 is 1.22 bits per heavy atom. The van der Waals surface area contributed by atoms with Crippen molar-refractivity contribution in [1.82, 2.24) is 0 Å². The number of benzene rings is 1. The van der Waals surface area contributed by atoms with Gasteiger partial charge in [0.2, 0.25) is 10.0 Å². The van der Waals surface area contributed by atoms with Gasteiger partial charge in [0, 0.05) is 12.1 Å². The van der Waals surface area contributed by atoms with E-state index in [2.05, 4.69) is 4.72 Å². The minimum atomic E-state index is -3.33. The second-order valence-electron chi connectivity index (χ2n) is 4.14. The molecule has 18 heavy (non-hydrogen) atoms. The van der Waals surface area contributed by atoms with Gasteiger partial charge in [0.05, 0.1) is 30.8 Å². The first kappa shape index (κ1) is 12.8. The van der Waals surface area contributed by atoms with Gasteiger partial charge >= 0.3 is 0 Å². The maximum Gasteiger partial charge on any atom is 0.235 e. The molecule has 0 aliphatic heterocycles. The summed E-state index contributed by atoms with van der Waals surface area (Å²) < 4.78 is 36.3. The van der Waals surface area contributed by atoms with E-state index in [9.17, 15) is 8.42 Å². The quantitative estimate of drug-likeness (QED) is 0.786. The van der Waals surface area contributed by atoms with Gasteiger partial charge in [-0.2, -0.15) is 0 Å². The van der Waals surface area contributed by atoms with Crippen molar-refractivity contribution in [3.05, 3.63) is 12.1 Å². The van der Waals surface area contributed by atoms with Crippen LogP contribution in [0.15, 0.2) is 12.1 Å². The zero-order valence-electron chi connectivity index (χ0n) is 10.3. The number of hydrogen-bond acceptors (Lipinski definition) is 5. The highest BCUT2D eigenvalue weighted by Gasteiger charge is 2.36. The van der Waals surface area contributed by atoms with Gasteiger partial charge in [-0.05, 0) is 12.8 Å². The van der Waals surface area contributed by atoms with E-state index in [0.29, 0.717) is 35.7 Å². The lowest BCUT2D eigenvalue weighted by atomic mass is 10.2. The van der Waals surface area contributed by atoms with Gasteiger partial charge in [0.1, 0.15) is 0 Å². The Morgan fingerprint density at radius 3 is 2.28 bits per heavy atom. The fraction of sp³-hybridized carbons (Fsp3) is 0.455. The first-order valence-corrected chi connectivity index (χ1v) is 7.05. The van der Waals surface area contributed by atoms with Gasteiger partial charge in [-0.1, -0.05) is 0 Å². The number of sulfonamides is 1. The third kappa shape index (κ3) is 2.45. The molecule has 0 radical (unpaired) electrons. The molecular formula is C11H16N2O4S. The summed E-state index contributed by atoms with van der Waals surface area (Å²) in [5.74, 6) is 0.893. The SMILES string of the molecule is COc1cc(N)c(NS(=O)(=O)C2CC2)cc1OC. The Kier molecular flexibility index (Phi) is 3.25. The van der Waals surface area contributed by atoms with Gasteiger partial charge in [0.15, 0.2) is 11.5 Å². The Bertz CT molecular complexity index is 552. The number of hydrogen-bond donors (Lipinski definition) is 2. The zero-order chi connectivity index (χ0) is 13.3. The molecule has 1 fully saturated rings. The van der Waals surface area contributed by atoms with Crippen LogP contribution in [0.25, 0.3) is 0 Å². The zero-order valence-corrected chi connectivity index (χ0v) is 11.1. The lowest BCUT2D eigenvalue weighted by Crippen LogP contribution is -2.18. The van der Waals surface area contributed by atoms with Crippen molar-refractivity contribution in [3.63, 3.8) is 0 Å². The first-order chi connectivity index (χ1) is 8.47. The summed E-state index contributed by atoms with van der Waals surface area (Å²) in [6.45, 7) is 0. The molecule has 0 unspecified atom stereocenters. The van der Waals surface area contributed by atoms with Crippen LogP contribution < -0.4 is 19.9 Å². The second-order valence-corrected chi connectivity index (χ2v) is 6.10. The third-order valence-corrected chi connectivity index (χ3v) is 4.62. The normalized spacial score (nSPS) is 15.2. The lowest BCUT2D eigenvalue weighted by Gasteiger charge is -2.14. The van der Waals surface area contributed by atoms with Crippen molar-refractivity contribution in [2.45, 2.75) is 18.1 Å². The van der Waals surface area contributed by atoms with E-state index in [0.717, 1.165) is 0 Å². The van der Waals surface area contributed by atoms with Gasteiger partial charge in [-0.15, -0.1) is 0 Å². The molecule has 0 atom stereocenters. The molecule has 0 heterocycles. The fourth-order valence-electron chi connectivity index (χ4n) is 1.60. The Labute approximate surface area is 106 Å². The van der Waals surface area contributed by atoms with Crippen LogP contribution in [0.2, 0.25) is 0 Å². The molecule has 0 aromatic heterocycles. The minimum Gasteiger partial charge on any atom is -0.493 e. The topological polar surface area (TPSA) is 90.6 Å². The molecule has 2 rings (SSSR count). The summed E-state index contributed by atoms with van der Waals surface area (Å²) in [6.07, 6.45) is 1.39. The number of nitrogens with two attached hydrogens (primary N) is 1. The number of methoxy groups -OCH3 is 2. The highest BCUT2D eigenvalue weighted by Crippen LogP contribution is 2.37. The van der Waals surface area contributed by atoms with Crippen molar-refractivity contribution in [2.75, 3.05) is 24.7 Å². The number of rotatable bonds is 5. The van der Waals surface area contributed by atoms with Gasteiger partial charge < -0.3 is 15.2 Å². The van der Waals surface area contributed by atoms with Crippen LogP contribution in [0.4, 0.5) is 11.4 Å². The molecule has 6 nitrogen and oxygen atoms in total. The molecule has 1 aromatic carbocycles. The molecule has 0 spiro atoms.